The molecule has 0 saturated carbocycles. The second-order valence-electron chi connectivity index (χ2n) is 7.70. The summed E-state index contributed by atoms with van der Waals surface area (Å²) in [5.74, 6) is -1.03. The van der Waals surface area contributed by atoms with Gasteiger partial charge in [0.05, 0.1) is 5.60 Å². The molecule has 1 saturated heterocycles. The van der Waals surface area contributed by atoms with Gasteiger partial charge in [0.1, 0.15) is 26.2 Å². The molecule has 8 heteroatoms. The van der Waals surface area contributed by atoms with Crippen molar-refractivity contribution in [3.05, 3.63) is 35.9 Å². The molecule has 1 aliphatic rings. The summed E-state index contributed by atoms with van der Waals surface area (Å²) in [5.41, 5.74) is 0.568. The quantitative estimate of drug-likeness (QED) is 0.561. The van der Waals surface area contributed by atoms with Crippen LogP contribution in [0.25, 0.3) is 0 Å². The van der Waals surface area contributed by atoms with E-state index in [9.17, 15) is 14.7 Å². The Bertz CT molecular complexity index is 631. The molecule has 1 aromatic rings. The maximum Gasteiger partial charge on any atom is 0.410 e. The van der Waals surface area contributed by atoms with Gasteiger partial charge in [0.2, 0.25) is 0 Å². The fraction of sp³-hybridized carbons (Fsp3) is 0.600. The highest BCUT2D eigenvalue weighted by atomic mass is 16.7. The maximum atomic E-state index is 12.5. The van der Waals surface area contributed by atoms with E-state index in [1.54, 1.807) is 0 Å². The van der Waals surface area contributed by atoms with Crippen LogP contribution in [-0.4, -0.2) is 71.8 Å². The first-order valence-electron chi connectivity index (χ1n) is 9.40. The molecule has 156 valence electrons. The van der Waals surface area contributed by atoms with Crippen molar-refractivity contribution in [1.82, 2.24) is 9.80 Å². The molecule has 1 amide bonds. The molecular weight excluding hydrogens is 364 g/mol. The number of ether oxygens (including phenoxy) is 3. The average Bonchev–Trinajstić information content (AvgIpc) is 2.86. The number of carbonyl (C=O) groups is 2. The summed E-state index contributed by atoms with van der Waals surface area (Å²) in [6.07, 6.45) is -0.311. The van der Waals surface area contributed by atoms with Crippen LogP contribution in [0.5, 0.6) is 0 Å². The Morgan fingerprint density at radius 3 is 2.50 bits per heavy atom. The lowest BCUT2D eigenvalue weighted by Gasteiger charge is -2.25. The third-order valence-electron chi connectivity index (χ3n) is 4.33. The Hall–Kier alpha value is -2.16. The number of hydrogen-bond acceptors (Lipinski definition) is 6. The van der Waals surface area contributed by atoms with Crippen molar-refractivity contribution in [2.45, 2.75) is 45.4 Å². The molecule has 28 heavy (non-hydrogen) atoms. The van der Waals surface area contributed by atoms with Crippen molar-refractivity contribution in [1.29, 1.82) is 0 Å². The lowest BCUT2D eigenvalue weighted by Crippen LogP contribution is -2.45. The lowest BCUT2D eigenvalue weighted by atomic mass is 10.2. The largest absolute Gasteiger partial charge is 0.480 e. The van der Waals surface area contributed by atoms with Crippen LogP contribution < -0.4 is 0 Å². The summed E-state index contributed by atoms with van der Waals surface area (Å²) in [5, 5.41) is 9.54. The molecule has 8 nitrogen and oxygen atoms in total. The molecular formula is C20H30N2O6. The van der Waals surface area contributed by atoms with Gasteiger partial charge in [-0.15, -0.1) is 0 Å². The topological polar surface area (TPSA) is 88.5 Å². The highest BCUT2D eigenvalue weighted by Crippen LogP contribution is 2.15. The van der Waals surface area contributed by atoms with Gasteiger partial charge in [0.25, 0.3) is 0 Å². The molecule has 1 fully saturated rings. The van der Waals surface area contributed by atoms with Crippen LogP contribution in [0.3, 0.4) is 0 Å². The second-order valence-corrected chi connectivity index (χ2v) is 7.70. The number of hydrogen-bond donors (Lipinski definition) is 1. The SMILES string of the molecule is CC(C)(C)OCOCN1CCC(C(=O)O)N(C(=O)OCc2ccccc2)CC1. The summed E-state index contributed by atoms with van der Waals surface area (Å²) >= 11 is 0. The van der Waals surface area contributed by atoms with Gasteiger partial charge in [-0.25, -0.2) is 9.59 Å². The molecule has 0 aromatic heterocycles. The molecule has 1 unspecified atom stereocenters. The van der Waals surface area contributed by atoms with Crippen LogP contribution in [0.4, 0.5) is 4.79 Å². The Morgan fingerprint density at radius 1 is 1.14 bits per heavy atom. The van der Waals surface area contributed by atoms with Crippen molar-refractivity contribution >= 4 is 12.1 Å². The predicted molar refractivity (Wildman–Crippen MR) is 103 cm³/mol. The van der Waals surface area contributed by atoms with E-state index in [0.29, 0.717) is 26.2 Å². The van der Waals surface area contributed by atoms with E-state index in [1.807, 2.05) is 56.0 Å². The van der Waals surface area contributed by atoms with Crippen LogP contribution in [0.1, 0.15) is 32.8 Å². The van der Waals surface area contributed by atoms with Gasteiger partial charge < -0.3 is 19.3 Å². The van der Waals surface area contributed by atoms with Gasteiger partial charge in [-0.05, 0) is 32.8 Å². The van der Waals surface area contributed by atoms with Gasteiger partial charge in [0, 0.05) is 19.6 Å². The number of nitrogens with zero attached hydrogens (tertiary/aromatic N) is 2. The first-order chi connectivity index (χ1) is 13.3. The molecule has 1 aliphatic heterocycles. The van der Waals surface area contributed by atoms with Gasteiger partial charge in [-0.2, -0.15) is 0 Å². The predicted octanol–water partition coefficient (Wildman–Crippen LogP) is 2.53. The number of carboxylic acid groups (broad SMARTS) is 1. The number of amides is 1. The standard InChI is InChI=1S/C20H30N2O6/c1-20(2,3)28-15-26-14-21-10-9-17(18(23)24)22(12-11-21)19(25)27-13-16-7-5-4-6-8-16/h4-8,17H,9-15H2,1-3H3,(H,23,24). The van der Waals surface area contributed by atoms with Crippen LogP contribution in [0.2, 0.25) is 0 Å². The molecule has 2 rings (SSSR count). The molecule has 1 N–H and O–H groups in total. The zero-order valence-corrected chi connectivity index (χ0v) is 16.8. The smallest absolute Gasteiger partial charge is 0.410 e. The van der Waals surface area contributed by atoms with E-state index in [-0.39, 0.29) is 25.5 Å². The zero-order valence-electron chi connectivity index (χ0n) is 16.8. The lowest BCUT2D eigenvalue weighted by molar-refractivity contribution is -0.143. The minimum Gasteiger partial charge on any atom is -0.480 e. The highest BCUT2D eigenvalue weighted by Gasteiger charge is 2.33. The van der Waals surface area contributed by atoms with Crippen molar-refractivity contribution in [2.75, 3.05) is 33.2 Å². The number of benzene rings is 1. The van der Waals surface area contributed by atoms with Gasteiger partial charge >= 0.3 is 12.1 Å². The summed E-state index contributed by atoms with van der Waals surface area (Å²) < 4.78 is 16.4. The molecule has 1 heterocycles. The first kappa shape index (κ1) is 22.1. The van der Waals surface area contributed by atoms with Crippen LogP contribution in [0, 0.1) is 0 Å². The second kappa shape index (κ2) is 10.4. The number of carbonyl (C=O) groups excluding carboxylic acids is 1. The maximum absolute atomic E-state index is 12.5. The van der Waals surface area contributed by atoms with Crippen LogP contribution in [-0.2, 0) is 25.6 Å². The van der Waals surface area contributed by atoms with Crippen LogP contribution in [0.15, 0.2) is 30.3 Å². The number of rotatable bonds is 7. The molecule has 0 aliphatic carbocycles. The highest BCUT2D eigenvalue weighted by molar-refractivity contribution is 5.80. The number of carboxylic acids is 1. The van der Waals surface area contributed by atoms with E-state index in [0.717, 1.165) is 5.56 Å². The Labute approximate surface area is 166 Å². The van der Waals surface area contributed by atoms with E-state index in [4.69, 9.17) is 14.2 Å². The normalized spacial score (nSPS) is 18.5. The van der Waals surface area contributed by atoms with Gasteiger partial charge in [0.15, 0.2) is 0 Å². The zero-order chi connectivity index (χ0) is 20.6. The average molecular weight is 394 g/mol. The third kappa shape index (κ3) is 7.46. The molecule has 0 radical (unpaired) electrons. The summed E-state index contributed by atoms with van der Waals surface area (Å²) in [6, 6.07) is 8.38. The Kier molecular flexibility index (Phi) is 8.22. The van der Waals surface area contributed by atoms with Crippen molar-refractivity contribution in [3.63, 3.8) is 0 Å². The van der Waals surface area contributed by atoms with Crippen LogP contribution >= 0.6 is 0 Å². The van der Waals surface area contributed by atoms with Gasteiger partial charge in [-0.3, -0.25) is 9.80 Å². The third-order valence-corrected chi connectivity index (χ3v) is 4.33. The Morgan fingerprint density at radius 2 is 1.86 bits per heavy atom. The van der Waals surface area contributed by atoms with E-state index in [1.165, 1.54) is 4.90 Å². The fourth-order valence-corrected chi connectivity index (χ4v) is 2.77. The van der Waals surface area contributed by atoms with E-state index < -0.39 is 18.1 Å². The first-order valence-corrected chi connectivity index (χ1v) is 9.40. The van der Waals surface area contributed by atoms with E-state index in [2.05, 4.69) is 0 Å². The molecule has 0 bridgehead atoms. The van der Waals surface area contributed by atoms with Crippen molar-refractivity contribution in [3.8, 4) is 0 Å². The number of aliphatic carboxylic acids is 1. The van der Waals surface area contributed by atoms with Gasteiger partial charge in [-0.1, -0.05) is 30.3 Å². The summed E-state index contributed by atoms with van der Waals surface area (Å²) in [7, 11) is 0. The van der Waals surface area contributed by atoms with E-state index >= 15 is 0 Å². The fourth-order valence-electron chi connectivity index (χ4n) is 2.77. The minimum atomic E-state index is -1.03. The minimum absolute atomic E-state index is 0.111. The molecule has 1 aromatic carbocycles. The Balaban J connectivity index is 1.87. The van der Waals surface area contributed by atoms with Crippen molar-refractivity contribution < 1.29 is 28.9 Å². The monoisotopic (exact) mass is 394 g/mol. The molecule has 1 atom stereocenters. The molecule has 0 spiro atoms. The van der Waals surface area contributed by atoms with Crippen molar-refractivity contribution in [2.24, 2.45) is 0 Å². The summed E-state index contributed by atoms with van der Waals surface area (Å²) in [4.78, 5) is 27.4. The summed E-state index contributed by atoms with van der Waals surface area (Å²) in [6.45, 7) is 7.68.